The third kappa shape index (κ3) is 4.87. The Morgan fingerprint density at radius 1 is 1.24 bits per heavy atom. The van der Waals surface area contributed by atoms with Crippen LogP contribution in [0.4, 0.5) is 21.8 Å². The molecule has 1 aromatic heterocycles. The molecule has 0 bridgehead atoms. The number of anilines is 3. The number of aromatic nitrogens is 2. The Balaban J connectivity index is 1.88. The highest BCUT2D eigenvalue weighted by Crippen LogP contribution is 2.28. The second-order valence-corrected chi connectivity index (χ2v) is 8.66. The summed E-state index contributed by atoms with van der Waals surface area (Å²) in [5.74, 6) is 0.285. The van der Waals surface area contributed by atoms with E-state index in [9.17, 15) is 12.8 Å². The van der Waals surface area contributed by atoms with Gasteiger partial charge in [0.25, 0.3) is 10.0 Å². The first-order valence-electron chi connectivity index (χ1n) is 9.56. The Morgan fingerprint density at radius 3 is 2.59 bits per heavy atom. The molecule has 1 saturated heterocycles. The number of nitrogens with zero attached hydrogens (tertiary/aromatic N) is 4. The van der Waals surface area contributed by atoms with Crippen LogP contribution in [0.3, 0.4) is 0 Å². The number of halogens is 1. The van der Waals surface area contributed by atoms with Gasteiger partial charge in [-0.1, -0.05) is 0 Å². The summed E-state index contributed by atoms with van der Waals surface area (Å²) in [6.45, 7) is 3.77. The van der Waals surface area contributed by atoms with Crippen LogP contribution in [0.5, 0.6) is 5.75 Å². The Morgan fingerprint density at radius 2 is 1.97 bits per heavy atom. The van der Waals surface area contributed by atoms with Gasteiger partial charge in [-0.25, -0.2) is 17.8 Å². The van der Waals surface area contributed by atoms with Gasteiger partial charge in [0.1, 0.15) is 5.69 Å². The number of hydrogen-bond donors (Lipinski definition) is 1. The lowest BCUT2D eigenvalue weighted by molar-refractivity contribution is 0.321. The van der Waals surface area contributed by atoms with E-state index in [1.807, 2.05) is 0 Å². The van der Waals surface area contributed by atoms with Crippen molar-refractivity contribution in [3.8, 4) is 5.75 Å². The standard InChI is InChI=1S/C19H26FN5O3S/c1-4-28-17-9-8-14(12-15(17)20)29(26,27)23-16-13-21-19(22-18(16)24(2)3)25-10-6-5-7-11-25/h8-9,12-13,23H,4-7,10-11H2,1-3H3. The topological polar surface area (TPSA) is 87.7 Å². The lowest BCUT2D eigenvalue weighted by Crippen LogP contribution is -2.31. The maximum atomic E-state index is 14.1. The average Bonchev–Trinajstić information content (AvgIpc) is 2.70. The molecule has 0 amide bonds. The van der Waals surface area contributed by atoms with Crippen LogP contribution in [0.1, 0.15) is 26.2 Å². The van der Waals surface area contributed by atoms with Crippen LogP contribution in [-0.2, 0) is 10.0 Å². The molecule has 0 atom stereocenters. The third-order valence-electron chi connectivity index (χ3n) is 4.58. The van der Waals surface area contributed by atoms with Gasteiger partial charge < -0.3 is 14.5 Å². The highest BCUT2D eigenvalue weighted by atomic mass is 32.2. The molecule has 1 aliphatic rings. The van der Waals surface area contributed by atoms with E-state index in [1.54, 1.807) is 25.9 Å². The van der Waals surface area contributed by atoms with Crippen molar-refractivity contribution < 1.29 is 17.5 Å². The molecule has 8 nitrogen and oxygen atoms in total. The van der Waals surface area contributed by atoms with Crippen LogP contribution >= 0.6 is 0 Å². The van der Waals surface area contributed by atoms with Gasteiger partial charge in [-0.3, -0.25) is 4.72 Å². The number of rotatable bonds is 7. The van der Waals surface area contributed by atoms with E-state index in [2.05, 4.69) is 19.6 Å². The lowest BCUT2D eigenvalue weighted by atomic mass is 10.1. The van der Waals surface area contributed by atoms with Gasteiger partial charge in [0.2, 0.25) is 5.95 Å². The zero-order chi connectivity index (χ0) is 21.0. The van der Waals surface area contributed by atoms with E-state index in [0.29, 0.717) is 11.8 Å². The van der Waals surface area contributed by atoms with E-state index < -0.39 is 15.8 Å². The summed E-state index contributed by atoms with van der Waals surface area (Å²) < 4.78 is 47.3. The first-order valence-corrected chi connectivity index (χ1v) is 11.0. The summed E-state index contributed by atoms with van der Waals surface area (Å²) >= 11 is 0. The Bertz CT molecular complexity index is 962. The van der Waals surface area contributed by atoms with Crippen molar-refractivity contribution in [3.05, 3.63) is 30.2 Å². The summed E-state index contributed by atoms with van der Waals surface area (Å²) in [5.41, 5.74) is 0.227. The molecule has 0 radical (unpaired) electrons. The molecule has 0 unspecified atom stereocenters. The highest BCUT2D eigenvalue weighted by Gasteiger charge is 2.22. The zero-order valence-corrected chi connectivity index (χ0v) is 17.7. The SMILES string of the molecule is CCOc1ccc(S(=O)(=O)Nc2cnc(N3CCCCC3)nc2N(C)C)cc1F. The Labute approximate surface area is 170 Å². The first-order chi connectivity index (χ1) is 13.8. The summed E-state index contributed by atoms with van der Waals surface area (Å²) in [6, 6.07) is 3.54. The van der Waals surface area contributed by atoms with Crippen LogP contribution in [0.2, 0.25) is 0 Å². The normalized spacial score (nSPS) is 14.6. The lowest BCUT2D eigenvalue weighted by Gasteiger charge is -2.28. The monoisotopic (exact) mass is 423 g/mol. The molecule has 0 spiro atoms. The molecule has 10 heteroatoms. The van der Waals surface area contributed by atoms with Crippen molar-refractivity contribution in [2.24, 2.45) is 0 Å². The van der Waals surface area contributed by atoms with Crippen LogP contribution in [0, 0.1) is 5.82 Å². The van der Waals surface area contributed by atoms with E-state index in [-0.39, 0.29) is 22.9 Å². The number of nitrogens with one attached hydrogen (secondary N) is 1. The molecule has 1 aromatic carbocycles. The van der Waals surface area contributed by atoms with Crippen LogP contribution < -0.4 is 19.3 Å². The molecule has 0 aliphatic carbocycles. The second-order valence-electron chi connectivity index (χ2n) is 6.98. The van der Waals surface area contributed by atoms with Crippen molar-refractivity contribution in [2.45, 2.75) is 31.1 Å². The van der Waals surface area contributed by atoms with Gasteiger partial charge in [0.15, 0.2) is 17.4 Å². The minimum Gasteiger partial charge on any atom is -0.491 e. The molecule has 29 heavy (non-hydrogen) atoms. The molecular formula is C19H26FN5O3S. The Kier molecular flexibility index (Phi) is 6.41. The fourth-order valence-electron chi connectivity index (χ4n) is 3.15. The second kappa shape index (κ2) is 8.81. The molecule has 0 saturated carbocycles. The number of hydrogen-bond acceptors (Lipinski definition) is 7. The first kappa shape index (κ1) is 21.1. The average molecular weight is 424 g/mol. The van der Waals surface area contributed by atoms with E-state index in [1.165, 1.54) is 24.8 Å². The van der Waals surface area contributed by atoms with Crippen molar-refractivity contribution in [1.29, 1.82) is 0 Å². The quantitative estimate of drug-likeness (QED) is 0.733. The van der Waals surface area contributed by atoms with Gasteiger partial charge >= 0.3 is 0 Å². The van der Waals surface area contributed by atoms with E-state index in [4.69, 9.17) is 4.74 Å². The maximum Gasteiger partial charge on any atom is 0.262 e. The van der Waals surface area contributed by atoms with Gasteiger partial charge in [0.05, 0.1) is 17.7 Å². The fraction of sp³-hybridized carbons (Fsp3) is 0.474. The largest absolute Gasteiger partial charge is 0.491 e. The molecule has 2 heterocycles. The molecule has 1 aliphatic heterocycles. The predicted octanol–water partition coefficient (Wildman–Crippen LogP) is 2.87. The molecule has 1 fully saturated rings. The Hall–Kier alpha value is -2.62. The van der Waals surface area contributed by atoms with Crippen LogP contribution in [-0.4, -0.2) is 52.2 Å². The minimum absolute atomic E-state index is 0.00893. The van der Waals surface area contributed by atoms with E-state index >= 15 is 0 Å². The predicted molar refractivity (Wildman–Crippen MR) is 111 cm³/mol. The van der Waals surface area contributed by atoms with Crippen molar-refractivity contribution in [3.63, 3.8) is 0 Å². The highest BCUT2D eigenvalue weighted by molar-refractivity contribution is 7.92. The molecule has 2 aromatic rings. The van der Waals surface area contributed by atoms with Crippen LogP contribution in [0.15, 0.2) is 29.3 Å². The van der Waals surface area contributed by atoms with E-state index in [0.717, 1.165) is 32.0 Å². The summed E-state index contributed by atoms with van der Waals surface area (Å²) in [6.07, 6.45) is 4.80. The molecule has 3 rings (SSSR count). The molecule has 1 N–H and O–H groups in total. The molecule has 158 valence electrons. The number of piperidine rings is 1. The summed E-state index contributed by atoms with van der Waals surface area (Å²) in [7, 11) is -0.478. The number of sulfonamides is 1. The number of ether oxygens (including phenoxy) is 1. The fourth-order valence-corrected chi connectivity index (χ4v) is 4.21. The van der Waals surface area contributed by atoms with Gasteiger partial charge in [-0.15, -0.1) is 0 Å². The van der Waals surface area contributed by atoms with Gasteiger partial charge in [-0.2, -0.15) is 4.98 Å². The van der Waals surface area contributed by atoms with Gasteiger partial charge in [0, 0.05) is 27.2 Å². The van der Waals surface area contributed by atoms with Gasteiger partial charge in [-0.05, 0) is 44.4 Å². The summed E-state index contributed by atoms with van der Waals surface area (Å²) in [5, 5.41) is 0. The van der Waals surface area contributed by atoms with Crippen molar-refractivity contribution in [1.82, 2.24) is 9.97 Å². The minimum atomic E-state index is -4.03. The summed E-state index contributed by atoms with van der Waals surface area (Å²) in [4.78, 5) is 12.5. The third-order valence-corrected chi connectivity index (χ3v) is 5.94. The zero-order valence-electron chi connectivity index (χ0n) is 16.9. The maximum absolute atomic E-state index is 14.1. The number of benzene rings is 1. The van der Waals surface area contributed by atoms with Crippen molar-refractivity contribution in [2.75, 3.05) is 48.3 Å². The molecular weight excluding hydrogens is 397 g/mol. The van der Waals surface area contributed by atoms with Crippen LogP contribution in [0.25, 0.3) is 0 Å². The smallest absolute Gasteiger partial charge is 0.262 e. The van der Waals surface area contributed by atoms with Crippen molar-refractivity contribution >= 4 is 27.5 Å².